The third-order valence-corrected chi connectivity index (χ3v) is 6.95. The van der Waals surface area contributed by atoms with E-state index in [1.54, 1.807) is 0 Å². The lowest BCUT2D eigenvalue weighted by Crippen LogP contribution is -2.52. The highest BCUT2D eigenvalue weighted by Gasteiger charge is 2.35. The van der Waals surface area contributed by atoms with Crippen LogP contribution in [0.25, 0.3) is 0 Å². The van der Waals surface area contributed by atoms with Gasteiger partial charge in [-0.2, -0.15) is 0 Å². The summed E-state index contributed by atoms with van der Waals surface area (Å²) in [5.41, 5.74) is 3.05. The normalized spacial score (nSPS) is 18.2. The van der Waals surface area contributed by atoms with Gasteiger partial charge >= 0.3 is 0 Å². The Balaban J connectivity index is 1.78. The lowest BCUT2D eigenvalue weighted by molar-refractivity contribution is 0.104. The van der Waals surface area contributed by atoms with Gasteiger partial charge in [0, 0.05) is 24.2 Å². The maximum Gasteiger partial charge on any atom is 0.126 e. The summed E-state index contributed by atoms with van der Waals surface area (Å²) in [6.07, 6.45) is 5.28. The zero-order chi connectivity index (χ0) is 24.1. The number of rotatable bonds is 9. The summed E-state index contributed by atoms with van der Waals surface area (Å²) in [6.45, 7) is 9.74. The molecule has 1 saturated carbocycles. The molecule has 0 bridgehead atoms. The molecule has 3 N–H and O–H groups in total. The molecule has 0 aromatic heterocycles. The van der Waals surface area contributed by atoms with E-state index in [1.807, 2.05) is 6.92 Å². The molecular weight excluding hydrogens is 418 g/mol. The van der Waals surface area contributed by atoms with Crippen molar-refractivity contribution in [1.82, 2.24) is 10.6 Å². The van der Waals surface area contributed by atoms with Crippen molar-refractivity contribution >= 4 is 0 Å². The van der Waals surface area contributed by atoms with Gasteiger partial charge in [-0.25, -0.2) is 8.78 Å². The van der Waals surface area contributed by atoms with Gasteiger partial charge in [-0.05, 0) is 60.0 Å². The van der Waals surface area contributed by atoms with E-state index in [4.69, 9.17) is 0 Å². The van der Waals surface area contributed by atoms with Gasteiger partial charge in [0.1, 0.15) is 11.6 Å². The van der Waals surface area contributed by atoms with Crippen LogP contribution in [-0.4, -0.2) is 30.3 Å². The second-order valence-electron chi connectivity index (χ2n) is 10.6. The van der Waals surface area contributed by atoms with Crippen molar-refractivity contribution in [3.05, 3.63) is 70.8 Å². The Morgan fingerprint density at radius 2 is 1.67 bits per heavy atom. The Hall–Kier alpha value is -1.82. The Bertz CT molecular complexity index is 883. The Labute approximate surface area is 198 Å². The second-order valence-corrected chi connectivity index (χ2v) is 10.6. The average Bonchev–Trinajstić information content (AvgIpc) is 2.77. The molecule has 3 rings (SSSR count). The maximum absolute atomic E-state index is 13.7. The topological polar surface area (TPSA) is 44.3 Å². The molecule has 2 unspecified atom stereocenters. The number of hydrogen-bond donors (Lipinski definition) is 3. The molecule has 33 heavy (non-hydrogen) atoms. The zero-order valence-corrected chi connectivity index (χ0v) is 20.6. The SMILES string of the molecule is CCNC(Cc1cc(F)cc(F)c1)C(O)CNC1(c2cccc(C(C)(C)C)c2)CCCCC1. The average molecular weight is 459 g/mol. The standard InChI is InChI=1S/C28H40F2N2O/c1-5-31-25(16-20-14-23(29)18-24(30)15-20)26(33)19-32-28(12-7-6-8-13-28)22-11-9-10-21(17-22)27(2,3)4/h9-11,14-15,17-18,25-26,31-33H,5-8,12-13,16,19H2,1-4H3. The van der Waals surface area contributed by atoms with Gasteiger partial charge in [-0.1, -0.05) is 71.2 Å². The minimum Gasteiger partial charge on any atom is -0.390 e. The first-order chi connectivity index (χ1) is 15.6. The predicted octanol–water partition coefficient (Wildman–Crippen LogP) is 5.59. The van der Waals surface area contributed by atoms with Crippen LogP contribution in [0.1, 0.15) is 76.5 Å². The van der Waals surface area contributed by atoms with Gasteiger partial charge in [0.05, 0.1) is 6.10 Å². The number of nitrogens with one attached hydrogen (secondary N) is 2. The minimum atomic E-state index is -0.694. The third kappa shape index (κ3) is 6.84. The molecule has 0 heterocycles. The summed E-state index contributed by atoms with van der Waals surface area (Å²) in [6, 6.07) is 12.1. The molecule has 0 spiro atoms. The van der Waals surface area contributed by atoms with E-state index >= 15 is 0 Å². The summed E-state index contributed by atoms with van der Waals surface area (Å²) in [4.78, 5) is 0. The highest BCUT2D eigenvalue weighted by Crippen LogP contribution is 2.38. The minimum absolute atomic E-state index is 0.0712. The lowest BCUT2D eigenvalue weighted by atomic mass is 9.74. The van der Waals surface area contributed by atoms with E-state index in [-0.39, 0.29) is 17.0 Å². The van der Waals surface area contributed by atoms with E-state index in [2.05, 4.69) is 55.7 Å². The molecular formula is C28H40F2N2O. The molecule has 0 saturated heterocycles. The highest BCUT2D eigenvalue weighted by molar-refractivity contribution is 5.34. The van der Waals surface area contributed by atoms with Gasteiger partial charge in [0.15, 0.2) is 0 Å². The molecule has 1 aliphatic rings. The Kier molecular flexibility index (Phi) is 8.65. The number of hydrogen-bond acceptors (Lipinski definition) is 3. The van der Waals surface area contributed by atoms with Gasteiger partial charge in [-0.3, -0.25) is 0 Å². The molecule has 2 atom stereocenters. The van der Waals surface area contributed by atoms with Crippen molar-refractivity contribution in [3.63, 3.8) is 0 Å². The molecule has 3 nitrogen and oxygen atoms in total. The largest absolute Gasteiger partial charge is 0.390 e. The van der Waals surface area contributed by atoms with Crippen LogP contribution in [0.15, 0.2) is 42.5 Å². The molecule has 5 heteroatoms. The van der Waals surface area contributed by atoms with Crippen LogP contribution in [0.5, 0.6) is 0 Å². The third-order valence-electron chi connectivity index (χ3n) is 6.95. The number of halogens is 2. The number of aliphatic hydroxyl groups is 1. The number of benzene rings is 2. The summed E-state index contributed by atoms with van der Waals surface area (Å²) in [5.74, 6) is -1.18. The summed E-state index contributed by atoms with van der Waals surface area (Å²) >= 11 is 0. The first-order valence-electron chi connectivity index (χ1n) is 12.4. The predicted molar refractivity (Wildman–Crippen MR) is 131 cm³/mol. The Morgan fingerprint density at radius 3 is 2.27 bits per heavy atom. The van der Waals surface area contributed by atoms with E-state index in [0.717, 1.165) is 31.7 Å². The summed E-state index contributed by atoms with van der Waals surface area (Å²) in [5, 5.41) is 18.1. The van der Waals surface area contributed by atoms with Crippen molar-refractivity contribution in [2.75, 3.05) is 13.1 Å². The van der Waals surface area contributed by atoms with Crippen LogP contribution in [-0.2, 0) is 17.4 Å². The molecule has 0 aliphatic heterocycles. The number of likely N-dealkylation sites (N-methyl/N-ethyl adjacent to an activating group) is 1. The molecule has 1 fully saturated rings. The molecule has 182 valence electrons. The van der Waals surface area contributed by atoms with Crippen molar-refractivity contribution in [3.8, 4) is 0 Å². The maximum atomic E-state index is 13.7. The molecule has 1 aliphatic carbocycles. The first kappa shape index (κ1) is 25.8. The number of aliphatic hydroxyl groups excluding tert-OH is 1. The van der Waals surface area contributed by atoms with Crippen molar-refractivity contribution in [1.29, 1.82) is 0 Å². The lowest BCUT2D eigenvalue weighted by Gasteiger charge is -2.41. The van der Waals surface area contributed by atoms with Gasteiger partial charge in [0.25, 0.3) is 0 Å². The molecule has 0 radical (unpaired) electrons. The van der Waals surface area contributed by atoms with Gasteiger partial charge in [0.2, 0.25) is 0 Å². The van der Waals surface area contributed by atoms with Crippen LogP contribution in [0.2, 0.25) is 0 Å². The zero-order valence-electron chi connectivity index (χ0n) is 20.6. The van der Waals surface area contributed by atoms with E-state index < -0.39 is 17.7 Å². The Morgan fingerprint density at radius 1 is 1.00 bits per heavy atom. The monoisotopic (exact) mass is 458 g/mol. The summed E-state index contributed by atoms with van der Waals surface area (Å²) < 4.78 is 27.4. The van der Waals surface area contributed by atoms with Crippen LogP contribution < -0.4 is 10.6 Å². The van der Waals surface area contributed by atoms with Crippen LogP contribution in [0.4, 0.5) is 8.78 Å². The quantitative estimate of drug-likeness (QED) is 0.459. The highest BCUT2D eigenvalue weighted by atomic mass is 19.1. The smallest absolute Gasteiger partial charge is 0.126 e. The fraction of sp³-hybridized carbons (Fsp3) is 0.571. The first-order valence-corrected chi connectivity index (χ1v) is 12.4. The van der Waals surface area contributed by atoms with E-state index in [9.17, 15) is 13.9 Å². The van der Waals surface area contributed by atoms with Crippen LogP contribution in [0, 0.1) is 11.6 Å². The van der Waals surface area contributed by atoms with E-state index in [1.165, 1.54) is 29.7 Å². The van der Waals surface area contributed by atoms with Crippen molar-refractivity contribution in [2.45, 2.75) is 89.3 Å². The molecule has 2 aromatic carbocycles. The van der Waals surface area contributed by atoms with Gasteiger partial charge < -0.3 is 15.7 Å². The molecule has 2 aromatic rings. The van der Waals surface area contributed by atoms with Gasteiger partial charge in [-0.15, -0.1) is 0 Å². The fourth-order valence-corrected chi connectivity index (χ4v) is 5.04. The van der Waals surface area contributed by atoms with Crippen LogP contribution in [0.3, 0.4) is 0 Å². The summed E-state index contributed by atoms with van der Waals surface area (Å²) in [7, 11) is 0. The second kappa shape index (κ2) is 11.1. The molecule has 0 amide bonds. The van der Waals surface area contributed by atoms with Crippen LogP contribution >= 0.6 is 0 Å². The van der Waals surface area contributed by atoms with E-state index in [0.29, 0.717) is 25.1 Å². The van der Waals surface area contributed by atoms with Crippen molar-refractivity contribution in [2.24, 2.45) is 0 Å². The fourth-order valence-electron chi connectivity index (χ4n) is 5.04. The van der Waals surface area contributed by atoms with Crippen molar-refractivity contribution < 1.29 is 13.9 Å².